The van der Waals surface area contributed by atoms with Crippen molar-refractivity contribution in [2.24, 2.45) is 5.92 Å². The van der Waals surface area contributed by atoms with Crippen molar-refractivity contribution < 1.29 is 19.1 Å². The molecule has 0 fully saturated rings. The van der Waals surface area contributed by atoms with Crippen molar-refractivity contribution in [3.8, 4) is 0 Å². The molecule has 30 heavy (non-hydrogen) atoms. The van der Waals surface area contributed by atoms with Crippen LogP contribution in [0, 0.1) is 5.92 Å². The third kappa shape index (κ3) is 8.23. The molecule has 2 aromatic carbocycles. The van der Waals surface area contributed by atoms with Gasteiger partial charge in [0.2, 0.25) is 0 Å². The van der Waals surface area contributed by atoms with Crippen LogP contribution >= 0.6 is 11.8 Å². The molecule has 0 bridgehead atoms. The highest BCUT2D eigenvalue weighted by Crippen LogP contribution is 2.36. The van der Waals surface area contributed by atoms with E-state index in [1.165, 1.54) is 5.56 Å². The van der Waals surface area contributed by atoms with E-state index in [0.29, 0.717) is 0 Å². The lowest BCUT2D eigenvalue weighted by atomic mass is 10.1. The van der Waals surface area contributed by atoms with Crippen molar-refractivity contribution in [1.29, 1.82) is 0 Å². The Morgan fingerprint density at radius 3 is 2.07 bits per heavy atom. The van der Waals surface area contributed by atoms with Crippen LogP contribution < -0.4 is 0 Å². The number of ether oxygens (including phenoxy) is 2. The van der Waals surface area contributed by atoms with Crippen LogP contribution in [-0.4, -0.2) is 23.6 Å². The smallest absolute Gasteiger partial charge is 0.309 e. The lowest BCUT2D eigenvalue weighted by Gasteiger charge is -2.26. The van der Waals surface area contributed by atoms with Gasteiger partial charge in [-0.05, 0) is 38.8 Å². The largest absolute Gasteiger partial charge is 0.461 e. The Balaban J connectivity index is 2.01. The summed E-state index contributed by atoms with van der Waals surface area (Å²) in [5.74, 6) is -0.513. The lowest BCUT2D eigenvalue weighted by molar-refractivity contribution is -0.163. The monoisotopic (exact) mass is 428 g/mol. The highest BCUT2D eigenvalue weighted by Gasteiger charge is 2.28. The first kappa shape index (κ1) is 24.0. The Morgan fingerprint density at radius 2 is 1.50 bits per heavy atom. The summed E-state index contributed by atoms with van der Waals surface area (Å²) in [5, 5.41) is -0.0101. The summed E-state index contributed by atoms with van der Waals surface area (Å²) in [4.78, 5) is 24.7. The van der Waals surface area contributed by atoms with Gasteiger partial charge in [0.05, 0.1) is 17.6 Å². The van der Waals surface area contributed by atoms with E-state index in [2.05, 4.69) is 24.3 Å². The summed E-state index contributed by atoms with van der Waals surface area (Å²) in [6.07, 6.45) is -0.328. The maximum absolute atomic E-state index is 12.6. The van der Waals surface area contributed by atoms with E-state index >= 15 is 0 Å². The van der Waals surface area contributed by atoms with E-state index in [0.717, 1.165) is 11.3 Å². The fraction of sp³-hybridized carbons (Fsp3) is 0.440. The Kier molecular flexibility index (Phi) is 8.97. The number of rotatable bonds is 9. The summed E-state index contributed by atoms with van der Waals surface area (Å²) in [6.45, 7) is 9.04. The molecule has 0 N–H and O–H groups in total. The van der Waals surface area contributed by atoms with Gasteiger partial charge in [-0.3, -0.25) is 9.59 Å². The summed E-state index contributed by atoms with van der Waals surface area (Å²) < 4.78 is 11.1. The molecule has 2 rings (SSSR count). The number of thioether (sulfide) groups is 1. The van der Waals surface area contributed by atoms with E-state index in [1.54, 1.807) is 18.7 Å². The van der Waals surface area contributed by atoms with E-state index in [9.17, 15) is 9.59 Å². The molecular weight excluding hydrogens is 396 g/mol. The molecule has 162 valence electrons. The van der Waals surface area contributed by atoms with Crippen molar-refractivity contribution in [3.63, 3.8) is 0 Å². The van der Waals surface area contributed by atoms with Gasteiger partial charge in [-0.15, -0.1) is 11.8 Å². The predicted octanol–water partition coefficient (Wildman–Crippen LogP) is 5.96. The zero-order valence-electron chi connectivity index (χ0n) is 18.5. The van der Waals surface area contributed by atoms with Crippen LogP contribution in [0.15, 0.2) is 60.7 Å². The molecule has 0 spiro atoms. The first-order chi connectivity index (χ1) is 14.2. The van der Waals surface area contributed by atoms with Crippen LogP contribution in [0.2, 0.25) is 0 Å². The number of carbonyl (C=O) groups is 2. The molecule has 0 saturated heterocycles. The maximum atomic E-state index is 12.6. The molecule has 0 saturated carbocycles. The van der Waals surface area contributed by atoms with Gasteiger partial charge in [0.1, 0.15) is 11.7 Å². The number of esters is 2. The summed E-state index contributed by atoms with van der Waals surface area (Å²) in [6, 6.07) is 20.3. The van der Waals surface area contributed by atoms with Crippen molar-refractivity contribution in [1.82, 2.24) is 0 Å². The van der Waals surface area contributed by atoms with Crippen LogP contribution in [0.1, 0.15) is 57.4 Å². The topological polar surface area (TPSA) is 52.6 Å². The molecular formula is C25H32O4S. The Bertz CT molecular complexity index is 799. The highest BCUT2D eigenvalue weighted by atomic mass is 32.2. The van der Waals surface area contributed by atoms with Crippen molar-refractivity contribution >= 4 is 23.7 Å². The maximum Gasteiger partial charge on any atom is 0.309 e. The van der Waals surface area contributed by atoms with Gasteiger partial charge < -0.3 is 9.47 Å². The minimum Gasteiger partial charge on any atom is -0.461 e. The van der Waals surface area contributed by atoms with Crippen LogP contribution in [0.3, 0.4) is 0 Å². The normalized spacial score (nSPS) is 14.4. The SMILES string of the molecule is C[C@H](CC(=O)OC(C)(C)C)C(=O)O[C@@H](C)[C@H](SCc1ccccc1)c1ccccc1. The minimum absolute atomic E-state index is 0.00991. The molecule has 0 unspecified atom stereocenters. The van der Waals surface area contributed by atoms with Crippen LogP contribution in [0.25, 0.3) is 0 Å². The second kappa shape index (κ2) is 11.2. The fourth-order valence-electron chi connectivity index (χ4n) is 2.98. The van der Waals surface area contributed by atoms with Gasteiger partial charge in [0.25, 0.3) is 0 Å². The fourth-order valence-corrected chi connectivity index (χ4v) is 4.22. The zero-order chi connectivity index (χ0) is 22.1. The minimum atomic E-state index is -0.569. The highest BCUT2D eigenvalue weighted by molar-refractivity contribution is 7.98. The molecule has 0 aromatic heterocycles. The third-order valence-corrected chi connectivity index (χ3v) is 5.94. The summed E-state index contributed by atoms with van der Waals surface area (Å²) in [7, 11) is 0. The summed E-state index contributed by atoms with van der Waals surface area (Å²) in [5.41, 5.74) is 1.76. The van der Waals surface area contributed by atoms with Crippen LogP contribution in [0.4, 0.5) is 0 Å². The molecule has 0 amide bonds. The first-order valence-corrected chi connectivity index (χ1v) is 11.3. The van der Waals surface area contributed by atoms with E-state index < -0.39 is 17.5 Å². The van der Waals surface area contributed by atoms with Gasteiger partial charge in [0, 0.05) is 5.75 Å². The molecule has 3 atom stereocenters. The third-order valence-electron chi connectivity index (χ3n) is 4.42. The van der Waals surface area contributed by atoms with Crippen molar-refractivity contribution in [2.75, 3.05) is 0 Å². The average molecular weight is 429 g/mol. The second-order valence-corrected chi connectivity index (χ2v) is 9.59. The second-order valence-electron chi connectivity index (χ2n) is 8.46. The molecule has 0 radical (unpaired) electrons. The van der Waals surface area contributed by atoms with Crippen molar-refractivity contribution in [2.45, 2.75) is 63.7 Å². The average Bonchev–Trinajstić information content (AvgIpc) is 2.68. The number of hydrogen-bond donors (Lipinski definition) is 0. The van der Waals surface area contributed by atoms with Crippen LogP contribution in [-0.2, 0) is 24.8 Å². The number of benzene rings is 2. The standard InChI is InChI=1S/C25H32O4S/c1-18(16-22(26)29-25(3,4)5)24(27)28-19(2)23(21-14-10-7-11-15-21)30-17-20-12-8-6-9-13-20/h6-15,18-19,23H,16-17H2,1-5H3/t18-,19+,23+/m1/s1. The van der Waals surface area contributed by atoms with E-state index in [-0.39, 0.29) is 23.7 Å². The molecule has 0 heterocycles. The molecule has 0 aliphatic heterocycles. The predicted molar refractivity (Wildman–Crippen MR) is 122 cm³/mol. The van der Waals surface area contributed by atoms with E-state index in [4.69, 9.17) is 9.47 Å². The summed E-state index contributed by atoms with van der Waals surface area (Å²) >= 11 is 1.74. The number of carbonyl (C=O) groups excluding carboxylic acids is 2. The lowest BCUT2D eigenvalue weighted by Crippen LogP contribution is -2.29. The van der Waals surface area contributed by atoms with Gasteiger partial charge in [0.15, 0.2) is 0 Å². The van der Waals surface area contributed by atoms with Gasteiger partial charge in [-0.2, -0.15) is 0 Å². The first-order valence-electron chi connectivity index (χ1n) is 10.3. The number of hydrogen-bond acceptors (Lipinski definition) is 5. The van der Waals surface area contributed by atoms with Crippen molar-refractivity contribution in [3.05, 3.63) is 71.8 Å². The van der Waals surface area contributed by atoms with Crippen LogP contribution in [0.5, 0.6) is 0 Å². The molecule has 2 aromatic rings. The Hall–Kier alpha value is -2.27. The molecule has 0 aliphatic carbocycles. The van der Waals surface area contributed by atoms with Gasteiger partial charge in [-0.1, -0.05) is 67.6 Å². The van der Waals surface area contributed by atoms with E-state index in [1.807, 2.05) is 64.1 Å². The van der Waals surface area contributed by atoms with Gasteiger partial charge >= 0.3 is 11.9 Å². The molecule has 0 aliphatic rings. The molecule has 5 heteroatoms. The Labute approximate surface area is 184 Å². The zero-order valence-corrected chi connectivity index (χ0v) is 19.3. The molecule has 4 nitrogen and oxygen atoms in total. The quantitative estimate of drug-likeness (QED) is 0.461. The van der Waals surface area contributed by atoms with Gasteiger partial charge in [-0.25, -0.2) is 0 Å². The Morgan fingerprint density at radius 1 is 0.933 bits per heavy atom.